The van der Waals surface area contributed by atoms with Gasteiger partial charge in [0.15, 0.2) is 0 Å². The maximum Gasteiger partial charge on any atom is 0.252 e. The van der Waals surface area contributed by atoms with Crippen LogP contribution in [0.1, 0.15) is 33.2 Å². The van der Waals surface area contributed by atoms with E-state index in [1.54, 1.807) is 30.0 Å². The van der Waals surface area contributed by atoms with Gasteiger partial charge in [0, 0.05) is 23.3 Å². The lowest BCUT2D eigenvalue weighted by atomic mass is 9.99. The number of thiazole rings is 1. The SMILES string of the molecule is O=C(NC(c1ccccc1)c1ccncc1)c1cccc(OCc2cscn2)c1. The van der Waals surface area contributed by atoms with Gasteiger partial charge in [-0.2, -0.15) is 0 Å². The quantitative estimate of drug-likeness (QED) is 0.490. The predicted molar refractivity (Wildman–Crippen MR) is 113 cm³/mol. The van der Waals surface area contributed by atoms with Gasteiger partial charge in [-0.05, 0) is 41.5 Å². The Kier molecular flexibility index (Phi) is 5.92. The molecule has 1 atom stereocenters. The molecule has 0 aliphatic carbocycles. The Bertz CT molecular complexity index is 1010. The summed E-state index contributed by atoms with van der Waals surface area (Å²) in [6, 6.07) is 20.6. The molecule has 6 heteroatoms. The molecule has 4 aromatic rings. The Labute approximate surface area is 173 Å². The predicted octanol–water partition coefficient (Wildman–Crippen LogP) is 4.64. The maximum absolute atomic E-state index is 13.0. The van der Waals surface area contributed by atoms with Crippen molar-refractivity contribution in [3.8, 4) is 5.75 Å². The van der Waals surface area contributed by atoms with Gasteiger partial charge >= 0.3 is 0 Å². The standard InChI is InChI=1S/C23H19N3O2S/c27-23(19-7-4-8-21(13-19)28-14-20-15-29-16-25-20)26-22(17-5-2-1-3-6-17)18-9-11-24-12-10-18/h1-13,15-16,22H,14H2,(H,26,27). The topological polar surface area (TPSA) is 64.1 Å². The molecule has 0 bridgehead atoms. The van der Waals surface area contributed by atoms with Crippen LogP contribution in [0.5, 0.6) is 5.75 Å². The molecule has 0 radical (unpaired) electrons. The molecule has 2 aromatic heterocycles. The minimum atomic E-state index is -0.272. The lowest BCUT2D eigenvalue weighted by Crippen LogP contribution is -2.29. The van der Waals surface area contributed by atoms with Crippen LogP contribution in [0.3, 0.4) is 0 Å². The third-order valence-electron chi connectivity index (χ3n) is 4.41. The van der Waals surface area contributed by atoms with Crippen LogP contribution in [0.4, 0.5) is 0 Å². The van der Waals surface area contributed by atoms with Gasteiger partial charge in [0.2, 0.25) is 0 Å². The third kappa shape index (κ3) is 4.86. The maximum atomic E-state index is 13.0. The van der Waals surface area contributed by atoms with Gasteiger partial charge in [0.1, 0.15) is 12.4 Å². The van der Waals surface area contributed by atoms with E-state index < -0.39 is 0 Å². The second kappa shape index (κ2) is 9.12. The third-order valence-corrected chi connectivity index (χ3v) is 5.05. The Morgan fingerprint density at radius 3 is 2.55 bits per heavy atom. The highest BCUT2D eigenvalue weighted by Gasteiger charge is 2.18. The molecule has 1 N–H and O–H groups in total. The van der Waals surface area contributed by atoms with Crippen molar-refractivity contribution in [3.05, 3.63) is 112 Å². The molecule has 0 spiro atoms. The van der Waals surface area contributed by atoms with Gasteiger partial charge in [-0.1, -0.05) is 36.4 Å². The van der Waals surface area contributed by atoms with E-state index in [0.29, 0.717) is 17.9 Å². The first-order valence-electron chi connectivity index (χ1n) is 9.15. The van der Waals surface area contributed by atoms with Crippen molar-refractivity contribution < 1.29 is 9.53 Å². The van der Waals surface area contributed by atoms with Crippen molar-refractivity contribution in [2.75, 3.05) is 0 Å². The fourth-order valence-corrected chi connectivity index (χ4v) is 3.51. The van der Waals surface area contributed by atoms with Crippen molar-refractivity contribution in [2.24, 2.45) is 0 Å². The van der Waals surface area contributed by atoms with Gasteiger partial charge in [0.25, 0.3) is 5.91 Å². The van der Waals surface area contributed by atoms with Crippen LogP contribution >= 0.6 is 11.3 Å². The first-order valence-corrected chi connectivity index (χ1v) is 10.1. The Morgan fingerprint density at radius 1 is 1.00 bits per heavy atom. The van der Waals surface area contributed by atoms with Crippen molar-refractivity contribution >= 4 is 17.2 Å². The lowest BCUT2D eigenvalue weighted by Gasteiger charge is -2.20. The summed E-state index contributed by atoms with van der Waals surface area (Å²) in [5.74, 6) is 0.459. The molecule has 0 aliphatic rings. The highest BCUT2D eigenvalue weighted by molar-refractivity contribution is 7.07. The van der Waals surface area contributed by atoms with Crippen molar-refractivity contribution in [3.63, 3.8) is 0 Å². The summed E-state index contributed by atoms with van der Waals surface area (Å²) in [6.45, 7) is 0.373. The zero-order valence-electron chi connectivity index (χ0n) is 15.6. The minimum absolute atomic E-state index is 0.172. The number of ether oxygens (including phenoxy) is 1. The zero-order chi connectivity index (χ0) is 19.9. The Morgan fingerprint density at radius 2 is 1.79 bits per heavy atom. The van der Waals surface area contributed by atoms with Crippen molar-refractivity contribution in [1.29, 1.82) is 0 Å². The van der Waals surface area contributed by atoms with Crippen molar-refractivity contribution in [1.82, 2.24) is 15.3 Å². The summed E-state index contributed by atoms with van der Waals surface area (Å²) in [6.07, 6.45) is 3.45. The number of carbonyl (C=O) groups is 1. The summed E-state index contributed by atoms with van der Waals surface area (Å²) in [5, 5.41) is 5.07. The highest BCUT2D eigenvalue weighted by atomic mass is 32.1. The van der Waals surface area contributed by atoms with Crippen molar-refractivity contribution in [2.45, 2.75) is 12.6 Å². The van der Waals surface area contributed by atoms with Crippen LogP contribution in [0, 0.1) is 0 Å². The number of hydrogen-bond acceptors (Lipinski definition) is 5. The van der Waals surface area contributed by atoms with E-state index in [1.807, 2.05) is 60.0 Å². The fourth-order valence-electron chi connectivity index (χ4n) is 2.97. The molecule has 2 aromatic carbocycles. The molecule has 1 amide bonds. The van der Waals surface area contributed by atoms with Crippen LogP contribution in [0.15, 0.2) is 90.0 Å². The summed E-state index contributed by atoms with van der Waals surface area (Å²) in [5.41, 5.74) is 5.15. The second-order valence-electron chi connectivity index (χ2n) is 6.39. The number of nitrogens with one attached hydrogen (secondary N) is 1. The van der Waals surface area contributed by atoms with Gasteiger partial charge in [0.05, 0.1) is 17.2 Å². The van der Waals surface area contributed by atoms with Crippen LogP contribution in [0.25, 0.3) is 0 Å². The normalized spacial score (nSPS) is 11.6. The molecule has 144 valence electrons. The van der Waals surface area contributed by atoms with E-state index in [1.165, 1.54) is 11.3 Å². The molecule has 0 aliphatic heterocycles. The fraction of sp³-hybridized carbons (Fsp3) is 0.0870. The monoisotopic (exact) mass is 401 g/mol. The average Bonchev–Trinajstić information content (AvgIpc) is 3.31. The minimum Gasteiger partial charge on any atom is -0.487 e. The van der Waals surface area contributed by atoms with Gasteiger partial charge in [-0.15, -0.1) is 11.3 Å². The van der Waals surface area contributed by atoms with E-state index in [9.17, 15) is 4.79 Å². The molecule has 4 rings (SSSR count). The molecule has 0 saturated heterocycles. The van der Waals surface area contributed by atoms with Crippen LogP contribution in [-0.4, -0.2) is 15.9 Å². The number of amides is 1. The number of nitrogens with zero attached hydrogens (tertiary/aromatic N) is 2. The molecule has 5 nitrogen and oxygen atoms in total. The molecule has 2 heterocycles. The molecular weight excluding hydrogens is 382 g/mol. The molecule has 0 fully saturated rings. The van der Waals surface area contributed by atoms with E-state index >= 15 is 0 Å². The second-order valence-corrected chi connectivity index (χ2v) is 7.11. The lowest BCUT2D eigenvalue weighted by molar-refractivity contribution is 0.0942. The molecule has 0 saturated carbocycles. The summed E-state index contributed by atoms with van der Waals surface area (Å²) in [7, 11) is 0. The van der Waals surface area contributed by atoms with Crippen LogP contribution in [0.2, 0.25) is 0 Å². The average molecular weight is 401 g/mol. The van der Waals surface area contributed by atoms with Gasteiger partial charge in [-0.25, -0.2) is 4.98 Å². The number of carbonyl (C=O) groups excluding carboxylic acids is 1. The number of pyridine rings is 1. The first kappa shape index (κ1) is 18.8. The smallest absolute Gasteiger partial charge is 0.252 e. The number of hydrogen-bond donors (Lipinski definition) is 1. The number of aromatic nitrogens is 2. The first-order chi connectivity index (χ1) is 14.3. The molecular formula is C23H19N3O2S. The number of rotatable bonds is 7. The summed E-state index contributed by atoms with van der Waals surface area (Å²) in [4.78, 5) is 21.3. The van der Waals surface area contributed by atoms with E-state index in [0.717, 1.165) is 16.8 Å². The van der Waals surface area contributed by atoms with Crippen LogP contribution in [-0.2, 0) is 6.61 Å². The highest BCUT2D eigenvalue weighted by Crippen LogP contribution is 2.23. The van der Waals surface area contributed by atoms with E-state index in [4.69, 9.17) is 4.74 Å². The largest absolute Gasteiger partial charge is 0.487 e. The zero-order valence-corrected chi connectivity index (χ0v) is 16.4. The van der Waals surface area contributed by atoms with E-state index in [2.05, 4.69) is 15.3 Å². The Balaban J connectivity index is 1.52. The van der Waals surface area contributed by atoms with Crippen LogP contribution < -0.4 is 10.1 Å². The van der Waals surface area contributed by atoms with E-state index in [-0.39, 0.29) is 11.9 Å². The number of benzene rings is 2. The van der Waals surface area contributed by atoms with Gasteiger partial charge in [-0.3, -0.25) is 9.78 Å². The molecule has 29 heavy (non-hydrogen) atoms. The van der Waals surface area contributed by atoms with Gasteiger partial charge < -0.3 is 10.1 Å². The molecule has 1 unspecified atom stereocenters. The summed E-state index contributed by atoms with van der Waals surface area (Å²) < 4.78 is 5.77. The Hall–Kier alpha value is -3.51. The summed E-state index contributed by atoms with van der Waals surface area (Å²) >= 11 is 1.53.